The van der Waals surface area contributed by atoms with Gasteiger partial charge in [0.25, 0.3) is 0 Å². The van der Waals surface area contributed by atoms with Crippen LogP contribution in [0.3, 0.4) is 0 Å². The summed E-state index contributed by atoms with van der Waals surface area (Å²) in [5, 5.41) is 2.38. The second kappa shape index (κ2) is 8.29. The van der Waals surface area contributed by atoms with Crippen molar-refractivity contribution in [3.63, 3.8) is 0 Å². The van der Waals surface area contributed by atoms with Gasteiger partial charge in [-0.2, -0.15) is 0 Å². The van der Waals surface area contributed by atoms with Crippen LogP contribution < -0.4 is 11.1 Å². The van der Waals surface area contributed by atoms with E-state index >= 15 is 0 Å². The molecule has 1 rings (SSSR count). The number of rotatable bonds is 8. The van der Waals surface area contributed by atoms with E-state index in [0.29, 0.717) is 12.8 Å². The maximum Gasteiger partial charge on any atom is 0.347 e. The molecule has 1 aromatic rings. The SMILES string of the molecule is CCCCC(NC(=O)[C@@H](N)Cc1ccccc1)P(=O)(O)O. The molecule has 0 saturated heterocycles. The summed E-state index contributed by atoms with van der Waals surface area (Å²) in [4.78, 5) is 30.5. The van der Waals surface area contributed by atoms with Crippen LogP contribution in [0.5, 0.6) is 0 Å². The summed E-state index contributed by atoms with van der Waals surface area (Å²) in [6.45, 7) is 1.92. The van der Waals surface area contributed by atoms with Gasteiger partial charge in [-0.1, -0.05) is 50.1 Å². The number of nitrogens with one attached hydrogen (secondary N) is 1. The Morgan fingerprint density at radius 1 is 1.33 bits per heavy atom. The summed E-state index contributed by atoms with van der Waals surface area (Å²) in [6.07, 6.45) is 1.99. The molecule has 1 amide bonds. The number of benzene rings is 1. The average Bonchev–Trinajstić information content (AvgIpc) is 2.43. The Morgan fingerprint density at radius 3 is 2.48 bits per heavy atom. The van der Waals surface area contributed by atoms with Crippen LogP contribution in [-0.4, -0.2) is 27.5 Å². The molecule has 0 aliphatic carbocycles. The third-order valence-corrected chi connectivity index (χ3v) is 4.38. The first-order chi connectivity index (χ1) is 9.84. The van der Waals surface area contributed by atoms with Gasteiger partial charge in [-0.3, -0.25) is 9.36 Å². The molecule has 0 spiro atoms. The van der Waals surface area contributed by atoms with Crippen LogP contribution >= 0.6 is 7.60 Å². The second-order valence-electron chi connectivity index (χ2n) is 5.05. The second-order valence-corrected chi connectivity index (χ2v) is 6.85. The number of unbranched alkanes of at least 4 members (excludes halogenated alkanes) is 1. The molecule has 1 unspecified atom stereocenters. The van der Waals surface area contributed by atoms with Gasteiger partial charge in [0, 0.05) is 0 Å². The van der Waals surface area contributed by atoms with Gasteiger partial charge in [-0.15, -0.1) is 0 Å². The number of hydrogen-bond acceptors (Lipinski definition) is 3. The third kappa shape index (κ3) is 6.40. The lowest BCUT2D eigenvalue weighted by Crippen LogP contribution is -2.46. The quantitative estimate of drug-likeness (QED) is 0.541. The largest absolute Gasteiger partial charge is 0.347 e. The zero-order valence-corrected chi connectivity index (χ0v) is 13.0. The monoisotopic (exact) mass is 314 g/mol. The van der Waals surface area contributed by atoms with Crippen molar-refractivity contribution in [1.29, 1.82) is 0 Å². The summed E-state index contributed by atoms with van der Waals surface area (Å²) in [7, 11) is -4.37. The van der Waals surface area contributed by atoms with Crippen LogP contribution in [0.4, 0.5) is 0 Å². The molecule has 7 heteroatoms. The van der Waals surface area contributed by atoms with E-state index in [-0.39, 0.29) is 6.42 Å². The van der Waals surface area contributed by atoms with Crippen LogP contribution in [0.15, 0.2) is 30.3 Å². The van der Waals surface area contributed by atoms with Gasteiger partial charge in [-0.05, 0) is 18.4 Å². The van der Waals surface area contributed by atoms with Crippen LogP contribution in [-0.2, 0) is 15.8 Å². The first-order valence-corrected chi connectivity index (χ1v) is 8.67. The Morgan fingerprint density at radius 2 is 1.95 bits per heavy atom. The van der Waals surface area contributed by atoms with Gasteiger partial charge in [0.1, 0.15) is 5.78 Å². The van der Waals surface area contributed by atoms with Crippen molar-refractivity contribution in [2.45, 2.75) is 44.4 Å². The van der Waals surface area contributed by atoms with Crippen LogP contribution in [0, 0.1) is 0 Å². The predicted molar refractivity (Wildman–Crippen MR) is 81.6 cm³/mol. The number of carbonyl (C=O) groups excluding carboxylic acids is 1. The molecule has 0 aliphatic heterocycles. The molecule has 0 saturated carbocycles. The van der Waals surface area contributed by atoms with Crippen molar-refractivity contribution in [2.24, 2.45) is 5.73 Å². The summed E-state index contributed by atoms with van der Waals surface area (Å²) < 4.78 is 11.4. The highest BCUT2D eigenvalue weighted by molar-refractivity contribution is 7.52. The van der Waals surface area contributed by atoms with Gasteiger partial charge in [0.15, 0.2) is 0 Å². The smallest absolute Gasteiger partial charge is 0.341 e. The minimum Gasteiger partial charge on any atom is -0.341 e. The highest BCUT2D eigenvalue weighted by Crippen LogP contribution is 2.42. The fraction of sp³-hybridized carbons (Fsp3) is 0.500. The van der Waals surface area contributed by atoms with E-state index < -0.39 is 25.3 Å². The van der Waals surface area contributed by atoms with Gasteiger partial charge < -0.3 is 20.8 Å². The van der Waals surface area contributed by atoms with Crippen molar-refractivity contribution in [1.82, 2.24) is 5.32 Å². The molecule has 0 aromatic heterocycles. The van der Waals surface area contributed by atoms with Crippen LogP contribution in [0.1, 0.15) is 31.7 Å². The molecule has 118 valence electrons. The Bertz CT molecular complexity index is 489. The maximum atomic E-state index is 12.0. The number of nitrogens with two attached hydrogens (primary N) is 1. The Labute approximate surface area is 124 Å². The summed E-state index contributed by atoms with van der Waals surface area (Å²) in [6, 6.07) is 8.43. The lowest BCUT2D eigenvalue weighted by Gasteiger charge is -2.21. The van der Waals surface area contributed by atoms with Crippen LogP contribution in [0.25, 0.3) is 0 Å². The lowest BCUT2D eigenvalue weighted by atomic mass is 10.1. The van der Waals surface area contributed by atoms with Crippen molar-refractivity contribution in [2.75, 3.05) is 0 Å². The molecule has 21 heavy (non-hydrogen) atoms. The van der Waals surface area contributed by atoms with Crippen molar-refractivity contribution < 1.29 is 19.1 Å². The molecular weight excluding hydrogens is 291 g/mol. The molecule has 0 heterocycles. The maximum absolute atomic E-state index is 12.0. The first kappa shape index (κ1) is 17.9. The van der Waals surface area contributed by atoms with Crippen molar-refractivity contribution >= 4 is 13.5 Å². The standard InChI is InChI=1S/C14H23N2O4P/c1-2-3-9-13(21(18,19)20)16-14(17)12(15)10-11-7-5-4-6-8-11/h4-8,12-13H,2-3,9-10,15H2,1H3,(H,16,17)(H2,18,19,20)/t12-,13?/m0/s1. The van der Waals surface area contributed by atoms with Crippen molar-refractivity contribution in [3.05, 3.63) is 35.9 Å². The molecule has 0 radical (unpaired) electrons. The van der Waals surface area contributed by atoms with E-state index in [2.05, 4.69) is 5.32 Å². The molecule has 5 N–H and O–H groups in total. The van der Waals surface area contributed by atoms with Crippen LogP contribution in [0.2, 0.25) is 0 Å². The zero-order valence-electron chi connectivity index (χ0n) is 12.1. The highest BCUT2D eigenvalue weighted by Gasteiger charge is 2.31. The lowest BCUT2D eigenvalue weighted by molar-refractivity contribution is -0.122. The zero-order chi connectivity index (χ0) is 15.9. The molecule has 6 nitrogen and oxygen atoms in total. The van der Waals surface area contributed by atoms with E-state index in [0.717, 1.165) is 12.0 Å². The average molecular weight is 314 g/mol. The van der Waals surface area contributed by atoms with E-state index in [1.165, 1.54) is 0 Å². The van der Waals surface area contributed by atoms with E-state index in [4.69, 9.17) is 5.73 Å². The molecule has 0 aliphatic rings. The van der Waals surface area contributed by atoms with E-state index in [9.17, 15) is 19.1 Å². The minimum atomic E-state index is -4.37. The summed E-state index contributed by atoms with van der Waals surface area (Å²) >= 11 is 0. The molecule has 1 aromatic carbocycles. The normalized spacial score (nSPS) is 14.5. The number of carbonyl (C=O) groups is 1. The molecule has 0 bridgehead atoms. The number of hydrogen-bond donors (Lipinski definition) is 4. The number of amides is 1. The van der Waals surface area contributed by atoms with Gasteiger partial charge in [0.05, 0.1) is 6.04 Å². The summed E-state index contributed by atoms with van der Waals surface area (Å²) in [5.41, 5.74) is 6.71. The van der Waals surface area contributed by atoms with Gasteiger partial charge in [-0.25, -0.2) is 0 Å². The fourth-order valence-electron chi connectivity index (χ4n) is 1.95. The summed E-state index contributed by atoms with van der Waals surface area (Å²) in [5.74, 6) is -1.70. The van der Waals surface area contributed by atoms with E-state index in [1.807, 2.05) is 37.3 Å². The minimum absolute atomic E-state index is 0.241. The topological polar surface area (TPSA) is 113 Å². The molecule has 2 atom stereocenters. The predicted octanol–water partition coefficient (Wildman–Crippen LogP) is 1.37. The first-order valence-electron chi connectivity index (χ1n) is 6.99. The van der Waals surface area contributed by atoms with Crippen molar-refractivity contribution in [3.8, 4) is 0 Å². The molecule has 0 fully saturated rings. The molecular formula is C14H23N2O4P. The third-order valence-electron chi connectivity index (χ3n) is 3.18. The van der Waals surface area contributed by atoms with Gasteiger partial charge in [0.2, 0.25) is 5.91 Å². The Kier molecular flexibility index (Phi) is 7.05. The van der Waals surface area contributed by atoms with E-state index in [1.54, 1.807) is 0 Å². The highest BCUT2D eigenvalue weighted by atomic mass is 31.2. The van der Waals surface area contributed by atoms with Gasteiger partial charge >= 0.3 is 7.60 Å². The Balaban J connectivity index is 2.62. The fourth-order valence-corrected chi connectivity index (χ4v) is 2.77. The Hall–Kier alpha value is -1.20.